The van der Waals surface area contributed by atoms with E-state index in [4.69, 9.17) is 4.74 Å². The maximum absolute atomic E-state index is 10.8. The number of carbonyl (C=O) groups excluding carboxylic acids is 1. The molecule has 1 saturated carbocycles. The van der Waals surface area contributed by atoms with Crippen molar-refractivity contribution in [1.82, 2.24) is 0 Å². The van der Waals surface area contributed by atoms with E-state index >= 15 is 0 Å². The van der Waals surface area contributed by atoms with Gasteiger partial charge in [0.2, 0.25) is 0 Å². The van der Waals surface area contributed by atoms with Crippen LogP contribution in [-0.2, 0) is 9.53 Å². The molecule has 14 heavy (non-hydrogen) atoms. The number of hydrogen-bond acceptors (Lipinski definition) is 2. The number of rotatable bonds is 3. The molecule has 2 atom stereocenters. The van der Waals surface area contributed by atoms with Gasteiger partial charge in [-0.05, 0) is 18.8 Å². The van der Waals surface area contributed by atoms with E-state index in [-0.39, 0.29) is 12.1 Å². The van der Waals surface area contributed by atoms with Gasteiger partial charge in [0, 0.05) is 6.92 Å². The second-order valence-corrected chi connectivity index (χ2v) is 4.57. The summed E-state index contributed by atoms with van der Waals surface area (Å²) in [6.45, 7) is 5.72. The van der Waals surface area contributed by atoms with Crippen LogP contribution in [0.2, 0.25) is 0 Å². The second-order valence-electron chi connectivity index (χ2n) is 4.57. The van der Waals surface area contributed by atoms with Crippen LogP contribution in [-0.4, -0.2) is 12.1 Å². The molecular formula is C12H22O2. The summed E-state index contributed by atoms with van der Waals surface area (Å²) in [5, 5.41) is 0. The fourth-order valence-corrected chi connectivity index (χ4v) is 2.41. The molecule has 2 unspecified atom stereocenters. The largest absolute Gasteiger partial charge is 0.463 e. The Morgan fingerprint density at radius 2 is 1.79 bits per heavy atom. The SMILES string of the molecule is CC(=O)OC(C)C(C)C1CCCCC1. The zero-order valence-corrected chi connectivity index (χ0v) is 9.58. The predicted octanol–water partition coefficient (Wildman–Crippen LogP) is 3.15. The van der Waals surface area contributed by atoms with Gasteiger partial charge >= 0.3 is 5.97 Å². The minimum absolute atomic E-state index is 0.0793. The molecule has 0 aliphatic heterocycles. The van der Waals surface area contributed by atoms with Gasteiger partial charge in [0.25, 0.3) is 0 Å². The third-order valence-electron chi connectivity index (χ3n) is 3.49. The molecule has 82 valence electrons. The van der Waals surface area contributed by atoms with Gasteiger partial charge in [0.1, 0.15) is 6.10 Å². The zero-order chi connectivity index (χ0) is 10.6. The van der Waals surface area contributed by atoms with Gasteiger partial charge in [0.05, 0.1) is 0 Å². The number of hydrogen-bond donors (Lipinski definition) is 0. The van der Waals surface area contributed by atoms with Gasteiger partial charge in [-0.15, -0.1) is 0 Å². The lowest BCUT2D eigenvalue weighted by molar-refractivity contribution is -0.148. The average Bonchev–Trinajstić information content (AvgIpc) is 2.17. The van der Waals surface area contributed by atoms with Crippen molar-refractivity contribution in [1.29, 1.82) is 0 Å². The Morgan fingerprint density at radius 1 is 1.21 bits per heavy atom. The predicted molar refractivity (Wildman–Crippen MR) is 57.0 cm³/mol. The molecule has 0 aromatic heterocycles. The van der Waals surface area contributed by atoms with E-state index in [1.54, 1.807) is 0 Å². The third kappa shape index (κ3) is 3.32. The van der Waals surface area contributed by atoms with Gasteiger partial charge in [-0.3, -0.25) is 4.79 Å². The molecule has 2 nitrogen and oxygen atoms in total. The van der Waals surface area contributed by atoms with Crippen LogP contribution >= 0.6 is 0 Å². The van der Waals surface area contributed by atoms with Crippen molar-refractivity contribution in [2.24, 2.45) is 11.8 Å². The first-order valence-electron chi connectivity index (χ1n) is 5.78. The summed E-state index contributed by atoms with van der Waals surface area (Å²) < 4.78 is 5.23. The van der Waals surface area contributed by atoms with E-state index in [1.165, 1.54) is 39.0 Å². The van der Waals surface area contributed by atoms with E-state index in [0.717, 1.165) is 5.92 Å². The molecule has 2 heteroatoms. The lowest BCUT2D eigenvalue weighted by Crippen LogP contribution is -2.28. The molecular weight excluding hydrogens is 176 g/mol. The standard InChI is InChI=1S/C12H22O2/c1-9(10(2)14-11(3)13)12-7-5-4-6-8-12/h9-10,12H,4-8H2,1-3H3. The summed E-state index contributed by atoms with van der Waals surface area (Å²) in [4.78, 5) is 10.8. The van der Waals surface area contributed by atoms with Gasteiger partial charge in [-0.2, -0.15) is 0 Å². The monoisotopic (exact) mass is 198 g/mol. The van der Waals surface area contributed by atoms with E-state index < -0.39 is 0 Å². The van der Waals surface area contributed by atoms with Crippen LogP contribution in [0.25, 0.3) is 0 Å². The van der Waals surface area contributed by atoms with Gasteiger partial charge in [-0.25, -0.2) is 0 Å². The minimum Gasteiger partial charge on any atom is -0.463 e. The highest BCUT2D eigenvalue weighted by Crippen LogP contribution is 2.32. The normalized spacial score (nSPS) is 22.8. The third-order valence-corrected chi connectivity index (χ3v) is 3.49. The maximum Gasteiger partial charge on any atom is 0.302 e. The highest BCUT2D eigenvalue weighted by molar-refractivity contribution is 5.66. The highest BCUT2D eigenvalue weighted by Gasteiger charge is 2.25. The summed E-state index contributed by atoms with van der Waals surface area (Å²) in [5.74, 6) is 1.12. The number of ether oxygens (including phenoxy) is 1. The molecule has 0 bridgehead atoms. The van der Waals surface area contributed by atoms with Crippen molar-refractivity contribution in [3.8, 4) is 0 Å². The van der Waals surface area contributed by atoms with E-state index in [9.17, 15) is 4.79 Å². The zero-order valence-electron chi connectivity index (χ0n) is 9.58. The van der Waals surface area contributed by atoms with Crippen molar-refractivity contribution in [3.63, 3.8) is 0 Å². The first-order valence-corrected chi connectivity index (χ1v) is 5.78. The van der Waals surface area contributed by atoms with Gasteiger partial charge < -0.3 is 4.74 Å². The Bertz CT molecular complexity index is 183. The molecule has 0 saturated heterocycles. The average molecular weight is 198 g/mol. The fourth-order valence-electron chi connectivity index (χ4n) is 2.41. The summed E-state index contributed by atoms with van der Waals surface area (Å²) in [6, 6.07) is 0. The Kier molecular flexibility index (Phi) is 4.43. The first kappa shape index (κ1) is 11.5. The number of esters is 1. The highest BCUT2D eigenvalue weighted by atomic mass is 16.5. The minimum atomic E-state index is -0.153. The molecule has 0 radical (unpaired) electrons. The summed E-state index contributed by atoms with van der Waals surface area (Å²) in [5.41, 5.74) is 0. The van der Waals surface area contributed by atoms with Crippen molar-refractivity contribution >= 4 is 5.97 Å². The Labute approximate surface area is 87.0 Å². The van der Waals surface area contributed by atoms with E-state index in [2.05, 4.69) is 6.92 Å². The smallest absolute Gasteiger partial charge is 0.302 e. The summed E-state index contributed by atoms with van der Waals surface area (Å²) >= 11 is 0. The molecule has 1 aliphatic carbocycles. The van der Waals surface area contributed by atoms with Crippen LogP contribution in [0.4, 0.5) is 0 Å². The number of carbonyl (C=O) groups is 1. The van der Waals surface area contributed by atoms with Crippen LogP contribution in [0.5, 0.6) is 0 Å². The lowest BCUT2D eigenvalue weighted by atomic mass is 9.79. The van der Waals surface area contributed by atoms with Crippen molar-refractivity contribution in [2.45, 2.75) is 59.0 Å². The Morgan fingerprint density at radius 3 is 2.29 bits per heavy atom. The van der Waals surface area contributed by atoms with Crippen LogP contribution in [0.15, 0.2) is 0 Å². The van der Waals surface area contributed by atoms with Crippen molar-refractivity contribution in [2.75, 3.05) is 0 Å². The van der Waals surface area contributed by atoms with Crippen molar-refractivity contribution < 1.29 is 9.53 Å². The van der Waals surface area contributed by atoms with Crippen LogP contribution in [0, 0.1) is 11.8 Å². The van der Waals surface area contributed by atoms with Gasteiger partial charge in [0.15, 0.2) is 0 Å². The lowest BCUT2D eigenvalue weighted by Gasteiger charge is -2.31. The Balaban J connectivity index is 2.37. The molecule has 0 aromatic carbocycles. The molecule has 0 N–H and O–H groups in total. The molecule has 0 spiro atoms. The summed E-state index contributed by atoms with van der Waals surface area (Å²) in [7, 11) is 0. The fraction of sp³-hybridized carbons (Fsp3) is 0.917. The topological polar surface area (TPSA) is 26.3 Å². The molecule has 0 amide bonds. The van der Waals surface area contributed by atoms with Gasteiger partial charge in [-0.1, -0.05) is 39.0 Å². The molecule has 0 heterocycles. The molecule has 1 aliphatic rings. The Hall–Kier alpha value is -0.530. The summed E-state index contributed by atoms with van der Waals surface area (Å²) in [6.07, 6.45) is 6.78. The van der Waals surface area contributed by atoms with Crippen LogP contribution in [0.3, 0.4) is 0 Å². The van der Waals surface area contributed by atoms with E-state index in [1.807, 2.05) is 6.92 Å². The molecule has 1 rings (SSSR count). The molecule has 0 aromatic rings. The maximum atomic E-state index is 10.8. The second kappa shape index (κ2) is 5.38. The first-order chi connectivity index (χ1) is 6.61. The quantitative estimate of drug-likeness (QED) is 0.651. The van der Waals surface area contributed by atoms with Crippen LogP contribution < -0.4 is 0 Å². The molecule has 1 fully saturated rings. The van der Waals surface area contributed by atoms with Crippen LogP contribution in [0.1, 0.15) is 52.9 Å². The van der Waals surface area contributed by atoms with E-state index in [0.29, 0.717) is 5.92 Å². The van der Waals surface area contributed by atoms with Crippen molar-refractivity contribution in [3.05, 3.63) is 0 Å².